The second-order valence-electron chi connectivity index (χ2n) is 8.01. The van der Waals surface area contributed by atoms with Crippen molar-refractivity contribution in [3.63, 3.8) is 0 Å². The summed E-state index contributed by atoms with van der Waals surface area (Å²) in [4.78, 5) is 11.8. The first-order chi connectivity index (χ1) is 14.0. The molecule has 3 rings (SSSR count). The van der Waals surface area contributed by atoms with Crippen LogP contribution in [0, 0.1) is 0 Å². The first kappa shape index (κ1) is 21.7. The molecule has 3 nitrogen and oxygen atoms in total. The van der Waals surface area contributed by atoms with E-state index >= 15 is 0 Å². The van der Waals surface area contributed by atoms with Gasteiger partial charge in [0.2, 0.25) is 5.82 Å². The number of alkyl halides is 3. The minimum atomic E-state index is -4.48. The van der Waals surface area contributed by atoms with Crippen molar-refractivity contribution in [3.8, 4) is 0 Å². The van der Waals surface area contributed by atoms with Crippen LogP contribution < -0.4 is 0 Å². The standard InChI is InChI=1S/C23H30F3N3/c1-2-17(19-15-27-22(28-16-19)23(24,25)26)9-5-3-4-6-11-20-14-13-18-10-7-8-12-21(18)29-20/h13-17H,2-12H2,1H3. The van der Waals surface area contributed by atoms with E-state index in [0.29, 0.717) is 0 Å². The fraction of sp³-hybridized carbons (Fsp3) is 0.609. The maximum atomic E-state index is 12.6. The number of pyridine rings is 1. The number of nitrogens with zero attached hydrogens (tertiary/aromatic N) is 3. The molecule has 1 aliphatic carbocycles. The summed E-state index contributed by atoms with van der Waals surface area (Å²) >= 11 is 0. The Kier molecular flexibility index (Phi) is 7.62. The highest BCUT2D eigenvalue weighted by Crippen LogP contribution is 2.29. The van der Waals surface area contributed by atoms with Gasteiger partial charge in [-0.2, -0.15) is 13.2 Å². The lowest BCUT2D eigenvalue weighted by molar-refractivity contribution is -0.145. The highest BCUT2D eigenvalue weighted by molar-refractivity contribution is 5.25. The van der Waals surface area contributed by atoms with Crippen molar-refractivity contribution >= 4 is 0 Å². The van der Waals surface area contributed by atoms with Gasteiger partial charge in [-0.1, -0.05) is 32.3 Å². The molecular weight excluding hydrogens is 375 g/mol. The third-order valence-electron chi connectivity index (χ3n) is 5.86. The van der Waals surface area contributed by atoms with Gasteiger partial charge in [-0.05, 0) is 74.5 Å². The van der Waals surface area contributed by atoms with E-state index in [9.17, 15) is 13.2 Å². The first-order valence-electron chi connectivity index (χ1n) is 10.8. The summed E-state index contributed by atoms with van der Waals surface area (Å²) < 4.78 is 37.8. The Morgan fingerprint density at radius 3 is 2.41 bits per heavy atom. The van der Waals surface area contributed by atoms with Gasteiger partial charge in [-0.25, -0.2) is 9.97 Å². The lowest BCUT2D eigenvalue weighted by Gasteiger charge is -2.16. The predicted octanol–water partition coefficient (Wildman–Crippen LogP) is 6.46. The number of hydrogen-bond donors (Lipinski definition) is 0. The van der Waals surface area contributed by atoms with Gasteiger partial charge in [0, 0.05) is 23.8 Å². The van der Waals surface area contributed by atoms with Crippen molar-refractivity contribution < 1.29 is 13.2 Å². The Balaban J connectivity index is 1.38. The maximum absolute atomic E-state index is 12.6. The van der Waals surface area contributed by atoms with Crippen molar-refractivity contribution in [2.24, 2.45) is 0 Å². The largest absolute Gasteiger partial charge is 0.451 e. The third-order valence-corrected chi connectivity index (χ3v) is 5.86. The van der Waals surface area contributed by atoms with Crippen LogP contribution in [0.1, 0.15) is 92.5 Å². The molecule has 2 aromatic rings. The van der Waals surface area contributed by atoms with E-state index < -0.39 is 12.0 Å². The molecule has 6 heteroatoms. The topological polar surface area (TPSA) is 38.7 Å². The van der Waals surface area contributed by atoms with Crippen LogP contribution in [-0.4, -0.2) is 15.0 Å². The van der Waals surface area contributed by atoms with Gasteiger partial charge in [-0.3, -0.25) is 4.98 Å². The summed E-state index contributed by atoms with van der Waals surface area (Å²) in [5, 5.41) is 0. The quantitative estimate of drug-likeness (QED) is 0.450. The lowest BCUT2D eigenvalue weighted by atomic mass is 9.92. The molecule has 2 aromatic heterocycles. The van der Waals surface area contributed by atoms with Crippen molar-refractivity contribution in [2.75, 3.05) is 0 Å². The molecule has 0 saturated carbocycles. The van der Waals surface area contributed by atoms with Gasteiger partial charge in [0.1, 0.15) is 0 Å². The summed E-state index contributed by atoms with van der Waals surface area (Å²) in [5.74, 6) is -0.841. The van der Waals surface area contributed by atoms with Crippen LogP contribution in [0.25, 0.3) is 0 Å². The summed E-state index contributed by atoms with van der Waals surface area (Å²) in [7, 11) is 0. The van der Waals surface area contributed by atoms with E-state index in [-0.39, 0.29) is 5.92 Å². The van der Waals surface area contributed by atoms with Gasteiger partial charge < -0.3 is 0 Å². The number of aromatic nitrogens is 3. The Labute approximate surface area is 171 Å². The van der Waals surface area contributed by atoms with Crippen LogP contribution in [0.4, 0.5) is 13.2 Å². The van der Waals surface area contributed by atoms with E-state index in [1.165, 1.54) is 48.6 Å². The minimum Gasteiger partial charge on any atom is -0.258 e. The second-order valence-corrected chi connectivity index (χ2v) is 8.01. The molecule has 1 unspecified atom stereocenters. The molecule has 0 aliphatic heterocycles. The molecule has 0 amide bonds. The first-order valence-corrected chi connectivity index (χ1v) is 10.8. The highest BCUT2D eigenvalue weighted by atomic mass is 19.4. The van der Waals surface area contributed by atoms with Crippen molar-refractivity contribution in [3.05, 3.63) is 52.9 Å². The van der Waals surface area contributed by atoms with Gasteiger partial charge in [0.05, 0.1) is 0 Å². The van der Waals surface area contributed by atoms with E-state index in [1.54, 1.807) is 0 Å². The van der Waals surface area contributed by atoms with Crippen molar-refractivity contribution in [2.45, 2.75) is 89.6 Å². The molecular formula is C23H30F3N3. The van der Waals surface area contributed by atoms with Gasteiger partial charge in [0.15, 0.2) is 0 Å². The summed E-state index contributed by atoms with van der Waals surface area (Å²) in [6.45, 7) is 2.06. The number of aryl methyl sites for hydroxylation is 3. The van der Waals surface area contributed by atoms with Crippen LogP contribution in [0.5, 0.6) is 0 Å². The monoisotopic (exact) mass is 405 g/mol. The number of hydrogen-bond acceptors (Lipinski definition) is 3. The molecule has 0 radical (unpaired) electrons. The summed E-state index contributed by atoms with van der Waals surface area (Å²) in [6.07, 6.45) is 10.4. The Bertz CT molecular complexity index is 772. The molecule has 0 bridgehead atoms. The number of unbranched alkanes of at least 4 members (excludes halogenated alkanes) is 3. The van der Waals surface area contributed by atoms with E-state index in [0.717, 1.165) is 56.9 Å². The fourth-order valence-corrected chi connectivity index (χ4v) is 4.12. The second kappa shape index (κ2) is 10.2. The normalized spacial score (nSPS) is 15.2. The van der Waals surface area contributed by atoms with E-state index in [1.807, 2.05) is 0 Å². The molecule has 1 atom stereocenters. The van der Waals surface area contributed by atoms with Crippen LogP contribution in [0.3, 0.4) is 0 Å². The van der Waals surface area contributed by atoms with Crippen molar-refractivity contribution in [1.82, 2.24) is 15.0 Å². The third kappa shape index (κ3) is 6.25. The number of fused-ring (bicyclic) bond motifs is 1. The Morgan fingerprint density at radius 2 is 1.69 bits per heavy atom. The molecule has 29 heavy (non-hydrogen) atoms. The smallest absolute Gasteiger partial charge is 0.258 e. The number of halogens is 3. The fourth-order valence-electron chi connectivity index (χ4n) is 4.12. The minimum absolute atomic E-state index is 0.222. The molecule has 0 saturated heterocycles. The van der Waals surface area contributed by atoms with Crippen LogP contribution in [0.15, 0.2) is 24.5 Å². The number of rotatable bonds is 9. The van der Waals surface area contributed by atoms with Gasteiger partial charge >= 0.3 is 6.18 Å². The molecule has 158 valence electrons. The van der Waals surface area contributed by atoms with Crippen LogP contribution in [-0.2, 0) is 25.4 Å². The maximum Gasteiger partial charge on any atom is 0.451 e. The molecule has 0 N–H and O–H groups in total. The Hall–Kier alpha value is -1.98. The van der Waals surface area contributed by atoms with E-state index in [4.69, 9.17) is 4.98 Å². The molecule has 0 fully saturated rings. The zero-order valence-electron chi connectivity index (χ0n) is 17.1. The summed E-state index contributed by atoms with van der Waals surface area (Å²) in [5.41, 5.74) is 4.74. The van der Waals surface area contributed by atoms with Crippen LogP contribution >= 0.6 is 0 Å². The molecule has 2 heterocycles. The molecule has 0 aromatic carbocycles. The average molecular weight is 406 g/mol. The van der Waals surface area contributed by atoms with Crippen molar-refractivity contribution in [1.29, 1.82) is 0 Å². The van der Waals surface area contributed by atoms with Crippen LogP contribution in [0.2, 0.25) is 0 Å². The SMILES string of the molecule is CCC(CCCCCCc1ccc2c(n1)CCCC2)c1cnc(C(F)(F)F)nc1. The van der Waals surface area contributed by atoms with Gasteiger partial charge in [0.25, 0.3) is 0 Å². The zero-order chi connectivity index (χ0) is 20.7. The predicted molar refractivity (Wildman–Crippen MR) is 108 cm³/mol. The average Bonchev–Trinajstić information content (AvgIpc) is 2.72. The summed E-state index contributed by atoms with van der Waals surface area (Å²) in [6, 6.07) is 4.44. The molecule has 1 aliphatic rings. The lowest BCUT2D eigenvalue weighted by Crippen LogP contribution is -2.11. The van der Waals surface area contributed by atoms with Gasteiger partial charge in [-0.15, -0.1) is 0 Å². The van der Waals surface area contributed by atoms with E-state index in [2.05, 4.69) is 29.0 Å². The zero-order valence-corrected chi connectivity index (χ0v) is 17.1. The Morgan fingerprint density at radius 1 is 0.966 bits per heavy atom. The highest BCUT2D eigenvalue weighted by Gasteiger charge is 2.34. The molecule has 0 spiro atoms.